The average Bonchev–Trinajstić information content (AvgIpc) is 3.52. The number of aromatic nitrogens is 1. The van der Waals surface area contributed by atoms with Crippen LogP contribution in [0.4, 0.5) is 11.4 Å². The van der Waals surface area contributed by atoms with E-state index in [9.17, 15) is 9.90 Å². The fourth-order valence-corrected chi connectivity index (χ4v) is 4.24. The first-order chi connectivity index (χ1) is 14.6. The minimum absolute atomic E-state index is 0.329. The molecule has 5 rings (SSSR count). The van der Waals surface area contributed by atoms with E-state index in [0.29, 0.717) is 17.2 Å². The van der Waals surface area contributed by atoms with E-state index in [1.807, 2.05) is 24.3 Å². The molecule has 0 amide bonds. The highest BCUT2D eigenvalue weighted by atomic mass is 127. The highest BCUT2D eigenvalue weighted by Crippen LogP contribution is 2.41. The summed E-state index contributed by atoms with van der Waals surface area (Å²) in [5, 5.41) is 14.1. The van der Waals surface area contributed by atoms with Crippen LogP contribution in [0, 0.1) is 3.57 Å². The number of hydrogen-bond donors (Lipinski definition) is 2. The lowest BCUT2D eigenvalue weighted by Crippen LogP contribution is -2.04. The zero-order valence-electron chi connectivity index (χ0n) is 16.3. The molecule has 0 unspecified atom stereocenters. The van der Waals surface area contributed by atoms with E-state index in [-0.39, 0.29) is 0 Å². The third-order valence-electron chi connectivity index (χ3n) is 5.64. The van der Waals surface area contributed by atoms with Crippen LogP contribution in [-0.2, 0) is 6.54 Å². The Balaban J connectivity index is 1.41. The quantitative estimate of drug-likeness (QED) is 0.288. The minimum atomic E-state index is -0.898. The molecule has 1 aromatic heterocycles. The Kier molecular flexibility index (Phi) is 4.98. The van der Waals surface area contributed by atoms with Crippen molar-refractivity contribution in [2.24, 2.45) is 0 Å². The summed E-state index contributed by atoms with van der Waals surface area (Å²) in [6.45, 7) is 0.818. The van der Waals surface area contributed by atoms with Gasteiger partial charge < -0.3 is 15.0 Å². The predicted molar refractivity (Wildman–Crippen MR) is 129 cm³/mol. The second kappa shape index (κ2) is 7.80. The number of carbonyl (C=O) groups is 1. The second-order valence-electron chi connectivity index (χ2n) is 7.85. The number of halogens is 1. The van der Waals surface area contributed by atoms with E-state index in [1.165, 1.54) is 9.13 Å². The van der Waals surface area contributed by atoms with Gasteiger partial charge in [0.2, 0.25) is 0 Å². The summed E-state index contributed by atoms with van der Waals surface area (Å²) in [5.41, 5.74) is 5.39. The van der Waals surface area contributed by atoms with Gasteiger partial charge in [0.15, 0.2) is 0 Å². The van der Waals surface area contributed by atoms with E-state index in [2.05, 4.69) is 81.1 Å². The largest absolute Gasteiger partial charge is 0.478 e. The molecule has 1 saturated carbocycles. The van der Waals surface area contributed by atoms with Crippen molar-refractivity contribution in [2.75, 3.05) is 5.32 Å². The molecule has 0 bridgehead atoms. The Bertz CT molecular complexity index is 1240. The topological polar surface area (TPSA) is 54.3 Å². The van der Waals surface area contributed by atoms with Gasteiger partial charge in [-0.15, -0.1) is 0 Å². The van der Waals surface area contributed by atoms with Crippen LogP contribution in [0.5, 0.6) is 0 Å². The molecule has 0 radical (unpaired) electrons. The van der Waals surface area contributed by atoms with Crippen molar-refractivity contribution >= 4 is 50.8 Å². The Morgan fingerprint density at radius 1 is 1.03 bits per heavy atom. The van der Waals surface area contributed by atoms with E-state index in [1.54, 1.807) is 0 Å². The molecule has 0 atom stereocenters. The van der Waals surface area contributed by atoms with Gasteiger partial charge in [-0.05, 0) is 101 Å². The molecule has 0 saturated heterocycles. The molecule has 2 N–H and O–H groups in total. The monoisotopic (exact) mass is 508 g/mol. The average molecular weight is 508 g/mol. The SMILES string of the molecule is O=C(O)c1cc(C2CC2)ccc1Nc1ccc2c(ccn2Cc2ccc(I)cc2)c1. The molecule has 3 aromatic carbocycles. The van der Waals surface area contributed by atoms with Gasteiger partial charge in [0, 0.05) is 32.9 Å². The van der Waals surface area contributed by atoms with Crippen molar-refractivity contribution in [1.29, 1.82) is 0 Å². The first kappa shape index (κ1) is 19.2. The van der Waals surface area contributed by atoms with E-state index < -0.39 is 5.97 Å². The lowest BCUT2D eigenvalue weighted by atomic mass is 10.0. The molecule has 0 aliphatic heterocycles. The van der Waals surface area contributed by atoms with Crippen LogP contribution in [0.15, 0.2) is 72.9 Å². The standard InChI is InChI=1S/C25H21IN2O2/c26-20-6-1-16(2-7-20)15-28-12-11-19-13-21(8-10-24(19)28)27-23-9-5-18(17-3-4-17)14-22(23)25(29)30/h1-2,5-14,17,27H,3-4,15H2,(H,29,30). The molecule has 4 nitrogen and oxygen atoms in total. The van der Waals surface area contributed by atoms with Gasteiger partial charge >= 0.3 is 5.97 Å². The van der Waals surface area contributed by atoms with Gasteiger partial charge in [0.1, 0.15) is 0 Å². The molecule has 30 heavy (non-hydrogen) atoms. The summed E-state index contributed by atoms with van der Waals surface area (Å²) >= 11 is 2.32. The van der Waals surface area contributed by atoms with Crippen molar-refractivity contribution in [3.63, 3.8) is 0 Å². The number of nitrogens with one attached hydrogen (secondary N) is 1. The van der Waals surface area contributed by atoms with Crippen LogP contribution < -0.4 is 5.32 Å². The third kappa shape index (κ3) is 3.94. The molecule has 0 spiro atoms. The third-order valence-corrected chi connectivity index (χ3v) is 6.36. The fraction of sp³-hybridized carbons (Fsp3) is 0.160. The molecule has 1 fully saturated rings. The van der Waals surface area contributed by atoms with E-state index >= 15 is 0 Å². The Morgan fingerprint density at radius 3 is 2.57 bits per heavy atom. The second-order valence-corrected chi connectivity index (χ2v) is 9.10. The Morgan fingerprint density at radius 2 is 1.83 bits per heavy atom. The molecule has 1 aliphatic rings. The molecule has 150 valence electrons. The van der Waals surface area contributed by atoms with Crippen molar-refractivity contribution in [3.8, 4) is 0 Å². The van der Waals surface area contributed by atoms with Gasteiger partial charge in [-0.2, -0.15) is 0 Å². The minimum Gasteiger partial charge on any atom is -0.478 e. The summed E-state index contributed by atoms with van der Waals surface area (Å²) in [4.78, 5) is 11.8. The number of nitrogens with zero attached hydrogens (tertiary/aromatic N) is 1. The number of carboxylic acids is 1. The number of rotatable bonds is 6. The lowest BCUT2D eigenvalue weighted by molar-refractivity contribution is 0.0698. The van der Waals surface area contributed by atoms with Gasteiger partial charge in [-0.1, -0.05) is 18.2 Å². The molecule has 1 aliphatic carbocycles. The fourth-order valence-electron chi connectivity index (χ4n) is 3.88. The Hall–Kier alpha value is -2.80. The normalized spacial score (nSPS) is 13.5. The predicted octanol–water partition coefficient (Wildman–Crippen LogP) is 6.61. The number of anilines is 2. The number of benzene rings is 3. The van der Waals surface area contributed by atoms with Crippen molar-refractivity contribution in [3.05, 3.63) is 93.2 Å². The summed E-state index contributed by atoms with van der Waals surface area (Å²) in [6.07, 6.45) is 4.41. The molecular weight excluding hydrogens is 487 g/mol. The molecule has 4 aromatic rings. The van der Waals surface area contributed by atoms with Crippen LogP contribution in [-0.4, -0.2) is 15.6 Å². The van der Waals surface area contributed by atoms with Gasteiger partial charge in [0.05, 0.1) is 11.3 Å². The van der Waals surface area contributed by atoms with Crippen molar-refractivity contribution in [1.82, 2.24) is 4.57 Å². The maximum Gasteiger partial charge on any atom is 0.337 e. The highest BCUT2D eigenvalue weighted by Gasteiger charge is 2.25. The van der Waals surface area contributed by atoms with Crippen LogP contribution in [0.2, 0.25) is 0 Å². The number of hydrogen-bond acceptors (Lipinski definition) is 2. The number of carboxylic acid groups (broad SMARTS) is 1. The first-order valence-corrected chi connectivity index (χ1v) is 11.1. The molecular formula is C25H21IN2O2. The summed E-state index contributed by atoms with van der Waals surface area (Å²) in [5.74, 6) is -0.369. The van der Waals surface area contributed by atoms with Gasteiger partial charge in [-0.25, -0.2) is 4.79 Å². The number of aromatic carboxylic acids is 1. The van der Waals surface area contributed by atoms with Crippen LogP contribution >= 0.6 is 22.6 Å². The van der Waals surface area contributed by atoms with Crippen molar-refractivity contribution < 1.29 is 9.90 Å². The molecule has 5 heteroatoms. The van der Waals surface area contributed by atoms with Gasteiger partial charge in [-0.3, -0.25) is 0 Å². The van der Waals surface area contributed by atoms with Gasteiger partial charge in [0.25, 0.3) is 0 Å². The van der Waals surface area contributed by atoms with Crippen LogP contribution in [0.1, 0.15) is 40.2 Å². The van der Waals surface area contributed by atoms with E-state index in [4.69, 9.17) is 0 Å². The summed E-state index contributed by atoms with van der Waals surface area (Å²) in [6, 6.07) is 22.6. The Labute approximate surface area is 188 Å². The first-order valence-electron chi connectivity index (χ1n) is 10.0. The summed E-state index contributed by atoms with van der Waals surface area (Å²) in [7, 11) is 0. The summed E-state index contributed by atoms with van der Waals surface area (Å²) < 4.78 is 3.46. The van der Waals surface area contributed by atoms with Crippen LogP contribution in [0.25, 0.3) is 10.9 Å². The maximum absolute atomic E-state index is 11.8. The zero-order chi connectivity index (χ0) is 20.7. The smallest absolute Gasteiger partial charge is 0.337 e. The lowest BCUT2D eigenvalue weighted by Gasteiger charge is -2.12. The van der Waals surface area contributed by atoms with E-state index in [0.717, 1.165) is 41.5 Å². The number of fused-ring (bicyclic) bond motifs is 1. The maximum atomic E-state index is 11.8. The molecule has 1 heterocycles. The van der Waals surface area contributed by atoms with Crippen molar-refractivity contribution in [2.45, 2.75) is 25.3 Å². The zero-order valence-corrected chi connectivity index (χ0v) is 18.5. The van der Waals surface area contributed by atoms with Crippen LogP contribution in [0.3, 0.4) is 0 Å². The highest BCUT2D eigenvalue weighted by molar-refractivity contribution is 14.1.